The van der Waals surface area contributed by atoms with Crippen molar-refractivity contribution >= 4 is 5.91 Å². The molecule has 0 aromatic rings. The molecule has 2 atom stereocenters. The molecule has 2 rings (SSSR count). The van der Waals surface area contributed by atoms with Crippen LogP contribution in [-0.2, 0) is 14.3 Å². The van der Waals surface area contributed by atoms with Crippen molar-refractivity contribution in [3.63, 3.8) is 0 Å². The first-order valence-corrected chi connectivity index (χ1v) is 7.96. The summed E-state index contributed by atoms with van der Waals surface area (Å²) in [6, 6.07) is 0. The number of morpholine rings is 2. The Morgan fingerprint density at radius 2 is 1.81 bits per heavy atom. The van der Waals surface area contributed by atoms with Gasteiger partial charge in [-0.15, -0.1) is 0 Å². The standard InChI is InChI=1S/C15H29N3O3/c1-13-10-18(11-14(2)21-13)15(19)12-16(3)4-5-17-6-8-20-9-7-17/h13-14H,4-12H2,1-3H3. The molecule has 122 valence electrons. The lowest BCUT2D eigenvalue weighted by Gasteiger charge is -2.36. The molecule has 0 bridgehead atoms. The molecule has 2 aliphatic rings. The minimum Gasteiger partial charge on any atom is -0.379 e. The van der Waals surface area contributed by atoms with E-state index in [9.17, 15) is 4.79 Å². The van der Waals surface area contributed by atoms with Crippen LogP contribution in [0.2, 0.25) is 0 Å². The molecule has 6 heteroatoms. The maximum absolute atomic E-state index is 12.3. The van der Waals surface area contributed by atoms with Crippen LogP contribution in [0.3, 0.4) is 0 Å². The Hall–Kier alpha value is -0.690. The highest BCUT2D eigenvalue weighted by molar-refractivity contribution is 5.78. The molecule has 21 heavy (non-hydrogen) atoms. The zero-order chi connectivity index (χ0) is 15.2. The summed E-state index contributed by atoms with van der Waals surface area (Å²) in [5.74, 6) is 0.210. The molecule has 2 heterocycles. The summed E-state index contributed by atoms with van der Waals surface area (Å²) in [6.07, 6.45) is 0.271. The number of hydrogen-bond donors (Lipinski definition) is 0. The highest BCUT2D eigenvalue weighted by atomic mass is 16.5. The minimum atomic E-state index is 0.136. The van der Waals surface area contributed by atoms with Crippen LogP contribution in [-0.4, -0.2) is 98.9 Å². The van der Waals surface area contributed by atoms with Gasteiger partial charge in [0.1, 0.15) is 0 Å². The molecule has 0 N–H and O–H groups in total. The van der Waals surface area contributed by atoms with Crippen LogP contribution < -0.4 is 0 Å². The van der Waals surface area contributed by atoms with Gasteiger partial charge in [0.05, 0.1) is 32.0 Å². The van der Waals surface area contributed by atoms with Crippen LogP contribution in [0.15, 0.2) is 0 Å². The molecule has 0 spiro atoms. The van der Waals surface area contributed by atoms with Gasteiger partial charge in [0.2, 0.25) is 5.91 Å². The maximum atomic E-state index is 12.3. The average Bonchev–Trinajstić information content (AvgIpc) is 2.45. The van der Waals surface area contributed by atoms with Crippen molar-refractivity contribution in [1.82, 2.24) is 14.7 Å². The molecular formula is C15H29N3O3. The molecule has 2 saturated heterocycles. The van der Waals surface area contributed by atoms with Crippen LogP contribution in [0.25, 0.3) is 0 Å². The van der Waals surface area contributed by atoms with Crippen LogP contribution >= 0.6 is 0 Å². The molecule has 1 amide bonds. The lowest BCUT2D eigenvalue weighted by atomic mass is 10.2. The number of ether oxygens (including phenoxy) is 2. The summed E-state index contributed by atoms with van der Waals surface area (Å²) >= 11 is 0. The van der Waals surface area contributed by atoms with Crippen molar-refractivity contribution in [2.75, 3.05) is 66.1 Å². The predicted molar refractivity (Wildman–Crippen MR) is 81.3 cm³/mol. The third kappa shape index (κ3) is 5.54. The van der Waals surface area contributed by atoms with Gasteiger partial charge in [0, 0.05) is 39.3 Å². The topological polar surface area (TPSA) is 45.3 Å². The summed E-state index contributed by atoms with van der Waals surface area (Å²) < 4.78 is 11.0. The third-order valence-corrected chi connectivity index (χ3v) is 4.08. The lowest BCUT2D eigenvalue weighted by molar-refractivity contribution is -0.144. The highest BCUT2D eigenvalue weighted by Gasteiger charge is 2.26. The predicted octanol–water partition coefficient (Wildman–Crippen LogP) is -0.114. The van der Waals surface area contributed by atoms with E-state index in [0.29, 0.717) is 19.6 Å². The van der Waals surface area contributed by atoms with E-state index in [1.165, 1.54) is 0 Å². The fraction of sp³-hybridized carbons (Fsp3) is 0.933. The molecule has 2 fully saturated rings. The van der Waals surface area contributed by atoms with E-state index in [0.717, 1.165) is 39.4 Å². The second-order valence-electron chi connectivity index (χ2n) is 6.25. The van der Waals surface area contributed by atoms with E-state index >= 15 is 0 Å². The van der Waals surface area contributed by atoms with Crippen molar-refractivity contribution in [3.8, 4) is 0 Å². The molecule has 6 nitrogen and oxygen atoms in total. The lowest BCUT2D eigenvalue weighted by Crippen LogP contribution is -2.51. The number of amides is 1. The highest BCUT2D eigenvalue weighted by Crippen LogP contribution is 2.11. The molecule has 2 aliphatic heterocycles. The third-order valence-electron chi connectivity index (χ3n) is 4.08. The van der Waals surface area contributed by atoms with E-state index in [1.54, 1.807) is 0 Å². The quantitative estimate of drug-likeness (QED) is 0.709. The maximum Gasteiger partial charge on any atom is 0.236 e. The molecule has 0 aromatic heterocycles. The van der Waals surface area contributed by atoms with Crippen molar-refractivity contribution in [2.24, 2.45) is 0 Å². The summed E-state index contributed by atoms with van der Waals surface area (Å²) in [5.41, 5.74) is 0. The summed E-state index contributed by atoms with van der Waals surface area (Å²) in [6.45, 7) is 11.5. The van der Waals surface area contributed by atoms with Crippen LogP contribution in [0, 0.1) is 0 Å². The van der Waals surface area contributed by atoms with Gasteiger partial charge in [-0.25, -0.2) is 0 Å². The molecule has 0 radical (unpaired) electrons. The average molecular weight is 299 g/mol. The molecule has 0 aliphatic carbocycles. The Kier molecular flexibility index (Phi) is 6.41. The molecule has 2 unspecified atom stereocenters. The molecular weight excluding hydrogens is 270 g/mol. The summed E-state index contributed by atoms with van der Waals surface area (Å²) in [5, 5.41) is 0. The van der Waals surface area contributed by atoms with Crippen LogP contribution in [0.5, 0.6) is 0 Å². The Labute approximate surface area is 128 Å². The van der Waals surface area contributed by atoms with Gasteiger partial charge in [-0.2, -0.15) is 0 Å². The van der Waals surface area contributed by atoms with Crippen molar-refractivity contribution < 1.29 is 14.3 Å². The van der Waals surface area contributed by atoms with E-state index in [1.807, 2.05) is 25.8 Å². The number of rotatable bonds is 5. The Balaban J connectivity index is 1.68. The minimum absolute atomic E-state index is 0.136. The first-order valence-electron chi connectivity index (χ1n) is 7.96. The SMILES string of the molecule is CC1CN(C(=O)CN(C)CCN2CCOCC2)CC(C)O1. The Morgan fingerprint density at radius 1 is 1.19 bits per heavy atom. The molecule has 0 saturated carbocycles. The van der Waals surface area contributed by atoms with Crippen LogP contribution in [0.1, 0.15) is 13.8 Å². The van der Waals surface area contributed by atoms with Gasteiger partial charge in [-0.1, -0.05) is 0 Å². The van der Waals surface area contributed by atoms with Gasteiger partial charge in [0.25, 0.3) is 0 Å². The van der Waals surface area contributed by atoms with Gasteiger partial charge in [-0.3, -0.25) is 14.6 Å². The van der Waals surface area contributed by atoms with Crippen molar-refractivity contribution in [1.29, 1.82) is 0 Å². The fourth-order valence-corrected chi connectivity index (χ4v) is 2.93. The fourth-order valence-electron chi connectivity index (χ4n) is 2.93. The van der Waals surface area contributed by atoms with Gasteiger partial charge >= 0.3 is 0 Å². The smallest absolute Gasteiger partial charge is 0.236 e. The Bertz CT molecular complexity index is 324. The normalized spacial score (nSPS) is 28.1. The van der Waals surface area contributed by atoms with Gasteiger partial charge < -0.3 is 14.4 Å². The number of hydrogen-bond acceptors (Lipinski definition) is 5. The van der Waals surface area contributed by atoms with E-state index in [2.05, 4.69) is 9.80 Å². The molecule has 0 aromatic carbocycles. The second-order valence-corrected chi connectivity index (χ2v) is 6.25. The zero-order valence-electron chi connectivity index (χ0n) is 13.6. The van der Waals surface area contributed by atoms with E-state index < -0.39 is 0 Å². The summed E-state index contributed by atoms with van der Waals surface area (Å²) in [7, 11) is 2.02. The van der Waals surface area contributed by atoms with Crippen LogP contribution in [0.4, 0.5) is 0 Å². The Morgan fingerprint density at radius 3 is 2.43 bits per heavy atom. The van der Waals surface area contributed by atoms with E-state index in [4.69, 9.17) is 9.47 Å². The first-order chi connectivity index (χ1) is 10.0. The number of likely N-dealkylation sites (N-methyl/N-ethyl adjacent to an activating group) is 1. The van der Waals surface area contributed by atoms with E-state index in [-0.39, 0.29) is 18.1 Å². The van der Waals surface area contributed by atoms with Crippen molar-refractivity contribution in [3.05, 3.63) is 0 Å². The number of nitrogens with zero attached hydrogens (tertiary/aromatic N) is 3. The monoisotopic (exact) mass is 299 g/mol. The summed E-state index contributed by atoms with van der Waals surface area (Å²) in [4.78, 5) is 18.8. The van der Waals surface area contributed by atoms with Gasteiger partial charge in [0.15, 0.2) is 0 Å². The largest absolute Gasteiger partial charge is 0.379 e. The first kappa shape index (κ1) is 16.7. The zero-order valence-corrected chi connectivity index (χ0v) is 13.6. The van der Waals surface area contributed by atoms with Crippen molar-refractivity contribution in [2.45, 2.75) is 26.1 Å². The number of carbonyl (C=O) groups is 1. The second kappa shape index (κ2) is 8.08. The van der Waals surface area contributed by atoms with Gasteiger partial charge in [-0.05, 0) is 20.9 Å². The number of carbonyl (C=O) groups excluding carboxylic acids is 1.